The van der Waals surface area contributed by atoms with Gasteiger partial charge in [-0.3, -0.25) is 0 Å². The molecule has 1 aromatic heterocycles. The molecule has 0 aromatic carbocycles. The molecule has 0 atom stereocenters. The number of halogens is 1. The van der Waals surface area contributed by atoms with Gasteiger partial charge in [-0.15, -0.1) is 0 Å². The summed E-state index contributed by atoms with van der Waals surface area (Å²) in [6.07, 6.45) is 5.18. The molecule has 4 nitrogen and oxygen atoms in total. The number of anilines is 1. The lowest BCUT2D eigenvalue weighted by Crippen LogP contribution is -2.26. The van der Waals surface area contributed by atoms with Gasteiger partial charge in [0.25, 0.3) is 0 Å². The first-order valence-electron chi connectivity index (χ1n) is 6.82. The molecule has 2 fully saturated rings. The zero-order valence-electron chi connectivity index (χ0n) is 10.5. The average Bonchev–Trinajstić information content (AvgIpc) is 3.08. The van der Waals surface area contributed by atoms with Gasteiger partial charge in [-0.1, -0.05) is 0 Å². The fourth-order valence-electron chi connectivity index (χ4n) is 2.40. The Morgan fingerprint density at radius 1 is 1.28 bits per heavy atom. The summed E-state index contributed by atoms with van der Waals surface area (Å²) in [6, 6.07) is 1.97. The van der Waals surface area contributed by atoms with Crippen molar-refractivity contribution >= 4 is 21.7 Å². The van der Waals surface area contributed by atoms with Crippen LogP contribution in [0.4, 0.5) is 5.82 Å². The predicted molar refractivity (Wildman–Crippen MR) is 75.9 cm³/mol. The molecule has 1 aromatic rings. The number of aromatic nitrogens is 2. The maximum Gasteiger partial charge on any atom is 0.135 e. The maximum absolute atomic E-state index is 4.59. The summed E-state index contributed by atoms with van der Waals surface area (Å²) < 4.78 is 0.892. The van der Waals surface area contributed by atoms with E-state index < -0.39 is 0 Å². The molecule has 1 N–H and O–H groups in total. The molecule has 1 aliphatic heterocycles. The van der Waals surface area contributed by atoms with Gasteiger partial charge < -0.3 is 10.2 Å². The lowest BCUT2D eigenvalue weighted by Gasteiger charge is -2.15. The minimum atomic E-state index is 0.599. The highest BCUT2D eigenvalue weighted by atomic mass is 79.9. The molecule has 1 saturated heterocycles. The molecule has 5 heteroatoms. The maximum atomic E-state index is 4.59. The molecule has 0 radical (unpaired) electrons. The molecule has 3 rings (SSSR count). The summed E-state index contributed by atoms with van der Waals surface area (Å²) in [5.74, 6) is 2.55. The summed E-state index contributed by atoms with van der Waals surface area (Å²) in [6.45, 7) is 4.58. The third kappa shape index (κ3) is 3.20. The largest absolute Gasteiger partial charge is 0.369 e. The van der Waals surface area contributed by atoms with Crippen LogP contribution >= 0.6 is 15.9 Å². The first-order valence-corrected chi connectivity index (χ1v) is 7.61. The zero-order chi connectivity index (χ0) is 12.4. The molecule has 98 valence electrons. The van der Waals surface area contributed by atoms with Crippen LogP contribution in [-0.2, 0) is 0 Å². The van der Waals surface area contributed by atoms with Crippen LogP contribution in [0.3, 0.4) is 0 Å². The van der Waals surface area contributed by atoms with E-state index in [4.69, 9.17) is 0 Å². The number of hydrogen-bond donors (Lipinski definition) is 1. The normalized spacial score (nSPS) is 20.3. The average molecular weight is 311 g/mol. The minimum absolute atomic E-state index is 0.599. The predicted octanol–water partition coefficient (Wildman–Crippen LogP) is 2.62. The molecule has 18 heavy (non-hydrogen) atoms. The van der Waals surface area contributed by atoms with Crippen LogP contribution in [0.1, 0.15) is 37.4 Å². The highest BCUT2D eigenvalue weighted by molar-refractivity contribution is 9.10. The van der Waals surface area contributed by atoms with Crippen LogP contribution in [0.5, 0.6) is 0 Å². The van der Waals surface area contributed by atoms with Crippen LogP contribution in [0, 0.1) is 0 Å². The van der Waals surface area contributed by atoms with E-state index in [2.05, 4.69) is 36.1 Å². The number of nitrogens with zero attached hydrogens (tertiary/aromatic N) is 3. The van der Waals surface area contributed by atoms with Crippen molar-refractivity contribution in [3.05, 3.63) is 16.5 Å². The molecular formula is C13H19BrN4. The van der Waals surface area contributed by atoms with Gasteiger partial charge in [0.05, 0.1) is 0 Å². The summed E-state index contributed by atoms with van der Waals surface area (Å²) in [5.41, 5.74) is 0. The highest BCUT2D eigenvalue weighted by Gasteiger charge is 2.27. The van der Waals surface area contributed by atoms with E-state index in [1.807, 2.05) is 6.07 Å². The summed E-state index contributed by atoms with van der Waals surface area (Å²) >= 11 is 3.47. The van der Waals surface area contributed by atoms with Gasteiger partial charge in [0.15, 0.2) is 0 Å². The van der Waals surface area contributed by atoms with Crippen molar-refractivity contribution in [2.24, 2.45) is 0 Å². The SMILES string of the molecule is Brc1cc(NCCN2CCCC2)nc(C2CC2)n1. The zero-order valence-corrected chi connectivity index (χ0v) is 12.1. The summed E-state index contributed by atoms with van der Waals surface area (Å²) in [7, 11) is 0. The Morgan fingerprint density at radius 3 is 2.78 bits per heavy atom. The second kappa shape index (κ2) is 5.53. The Kier molecular flexibility index (Phi) is 3.80. The van der Waals surface area contributed by atoms with Crippen LogP contribution < -0.4 is 5.32 Å². The third-order valence-corrected chi connectivity index (χ3v) is 3.99. The van der Waals surface area contributed by atoms with Crippen LogP contribution in [-0.4, -0.2) is 41.0 Å². The number of rotatable bonds is 5. The lowest BCUT2D eigenvalue weighted by atomic mass is 10.4. The van der Waals surface area contributed by atoms with E-state index in [0.29, 0.717) is 5.92 Å². The van der Waals surface area contributed by atoms with E-state index >= 15 is 0 Å². The monoisotopic (exact) mass is 310 g/mol. The van der Waals surface area contributed by atoms with Crippen molar-refractivity contribution in [1.82, 2.24) is 14.9 Å². The quantitative estimate of drug-likeness (QED) is 0.849. The summed E-state index contributed by atoms with van der Waals surface area (Å²) in [4.78, 5) is 11.5. The van der Waals surface area contributed by atoms with Crippen molar-refractivity contribution in [3.63, 3.8) is 0 Å². The molecule has 2 aliphatic rings. The topological polar surface area (TPSA) is 41.0 Å². The van der Waals surface area contributed by atoms with Crippen molar-refractivity contribution in [2.45, 2.75) is 31.6 Å². The van der Waals surface area contributed by atoms with Gasteiger partial charge >= 0.3 is 0 Å². The Hall–Kier alpha value is -0.680. The molecule has 0 spiro atoms. The first-order chi connectivity index (χ1) is 8.81. The van der Waals surface area contributed by atoms with E-state index in [0.717, 1.165) is 29.3 Å². The first kappa shape index (κ1) is 12.4. The van der Waals surface area contributed by atoms with Crippen LogP contribution in [0.15, 0.2) is 10.7 Å². The molecule has 2 heterocycles. The highest BCUT2D eigenvalue weighted by Crippen LogP contribution is 2.38. The minimum Gasteiger partial charge on any atom is -0.369 e. The molecule has 0 unspecified atom stereocenters. The molecule has 0 amide bonds. The van der Waals surface area contributed by atoms with E-state index in [-0.39, 0.29) is 0 Å². The molecule has 1 aliphatic carbocycles. The van der Waals surface area contributed by atoms with E-state index in [1.165, 1.54) is 38.8 Å². The van der Waals surface area contributed by atoms with Gasteiger partial charge in [-0.25, -0.2) is 9.97 Å². The van der Waals surface area contributed by atoms with Gasteiger partial charge in [0, 0.05) is 25.1 Å². The van der Waals surface area contributed by atoms with Gasteiger partial charge in [-0.05, 0) is 54.7 Å². The third-order valence-electron chi connectivity index (χ3n) is 3.59. The van der Waals surface area contributed by atoms with Crippen molar-refractivity contribution in [2.75, 3.05) is 31.5 Å². The Balaban J connectivity index is 1.54. The van der Waals surface area contributed by atoms with Crippen molar-refractivity contribution in [1.29, 1.82) is 0 Å². The Labute approximate surface area is 116 Å². The number of nitrogens with one attached hydrogen (secondary N) is 1. The van der Waals surface area contributed by atoms with Gasteiger partial charge in [-0.2, -0.15) is 0 Å². The fraction of sp³-hybridized carbons (Fsp3) is 0.692. The lowest BCUT2D eigenvalue weighted by molar-refractivity contribution is 0.352. The molecule has 1 saturated carbocycles. The van der Waals surface area contributed by atoms with E-state index in [9.17, 15) is 0 Å². The van der Waals surface area contributed by atoms with Crippen LogP contribution in [0.2, 0.25) is 0 Å². The standard InChI is InChI=1S/C13H19BrN4/c14-11-9-12(17-13(16-11)10-3-4-10)15-5-8-18-6-1-2-7-18/h9-10H,1-8H2,(H,15,16,17). The molecular weight excluding hydrogens is 292 g/mol. The fourth-order valence-corrected chi connectivity index (χ4v) is 2.80. The van der Waals surface area contributed by atoms with Crippen molar-refractivity contribution < 1.29 is 0 Å². The second-order valence-corrected chi connectivity index (χ2v) is 6.00. The number of likely N-dealkylation sites (tertiary alicyclic amines) is 1. The van der Waals surface area contributed by atoms with E-state index in [1.54, 1.807) is 0 Å². The Bertz CT molecular complexity index is 413. The van der Waals surface area contributed by atoms with Gasteiger partial charge in [0.2, 0.25) is 0 Å². The van der Waals surface area contributed by atoms with Crippen molar-refractivity contribution in [3.8, 4) is 0 Å². The number of hydrogen-bond acceptors (Lipinski definition) is 4. The Morgan fingerprint density at radius 2 is 2.06 bits per heavy atom. The molecule has 0 bridgehead atoms. The van der Waals surface area contributed by atoms with Crippen LogP contribution in [0.25, 0.3) is 0 Å². The smallest absolute Gasteiger partial charge is 0.135 e. The summed E-state index contributed by atoms with van der Waals surface area (Å²) in [5, 5.41) is 3.41. The second-order valence-electron chi connectivity index (χ2n) is 5.18. The van der Waals surface area contributed by atoms with Gasteiger partial charge in [0.1, 0.15) is 16.2 Å².